The third-order valence-electron chi connectivity index (χ3n) is 5.75. The van der Waals surface area contributed by atoms with E-state index in [2.05, 4.69) is 10.6 Å². The summed E-state index contributed by atoms with van der Waals surface area (Å²) in [5, 5.41) is 5.77. The molecule has 0 radical (unpaired) electrons. The van der Waals surface area contributed by atoms with Gasteiger partial charge >= 0.3 is 11.9 Å². The molecule has 2 aromatic carbocycles. The van der Waals surface area contributed by atoms with Crippen molar-refractivity contribution in [2.45, 2.75) is 39.8 Å². The number of hydrogen-bond acceptors (Lipinski definition) is 6. The molecule has 0 saturated heterocycles. The molecule has 8 nitrogen and oxygen atoms in total. The topological polar surface area (TPSA) is 111 Å². The second kappa shape index (κ2) is 11.0. The van der Waals surface area contributed by atoms with Gasteiger partial charge in [0.05, 0.1) is 23.2 Å². The van der Waals surface area contributed by atoms with E-state index in [0.29, 0.717) is 11.1 Å². The Kier molecular flexibility index (Phi) is 8.04. The van der Waals surface area contributed by atoms with Crippen LogP contribution in [0.4, 0.5) is 0 Å². The average Bonchev–Trinajstić information content (AvgIpc) is 2.82. The standard InChI is InChI=1S/C26H30N2O6/c1-15(2)21-13-33-25(31)19-9-6-10-20(12-19)26(32)34-14-22(16(3)4)28-24(30)18-8-5-7-17(11-18)23(29)27-21/h5-12,15-16,21-22H,13-14H2,1-4H3,(H,27,29)(H,28,30). The molecular formula is C26H30N2O6. The molecule has 2 amide bonds. The van der Waals surface area contributed by atoms with Crippen molar-refractivity contribution in [3.63, 3.8) is 0 Å². The molecule has 2 atom stereocenters. The molecule has 8 heteroatoms. The van der Waals surface area contributed by atoms with Crippen molar-refractivity contribution in [2.24, 2.45) is 11.8 Å². The van der Waals surface area contributed by atoms with E-state index in [-0.39, 0.29) is 48.0 Å². The van der Waals surface area contributed by atoms with Gasteiger partial charge in [0.2, 0.25) is 0 Å². The van der Waals surface area contributed by atoms with Gasteiger partial charge in [-0.1, -0.05) is 39.8 Å². The first-order valence-corrected chi connectivity index (χ1v) is 11.3. The predicted molar refractivity (Wildman–Crippen MR) is 126 cm³/mol. The lowest BCUT2D eigenvalue weighted by Crippen LogP contribution is -2.43. The van der Waals surface area contributed by atoms with E-state index < -0.39 is 24.0 Å². The summed E-state index contributed by atoms with van der Waals surface area (Å²) in [6, 6.07) is 11.5. The molecule has 4 bridgehead atoms. The molecule has 1 heterocycles. The van der Waals surface area contributed by atoms with Gasteiger partial charge in [0.15, 0.2) is 0 Å². The predicted octanol–water partition coefficient (Wildman–Crippen LogP) is 3.22. The van der Waals surface area contributed by atoms with Crippen LogP contribution in [-0.2, 0) is 9.47 Å². The minimum absolute atomic E-state index is 0.0260. The monoisotopic (exact) mass is 466 g/mol. The maximum Gasteiger partial charge on any atom is 0.338 e. The van der Waals surface area contributed by atoms with Crippen LogP contribution in [0.3, 0.4) is 0 Å². The van der Waals surface area contributed by atoms with Crippen LogP contribution in [0, 0.1) is 11.8 Å². The highest BCUT2D eigenvalue weighted by atomic mass is 16.5. The van der Waals surface area contributed by atoms with E-state index in [1.165, 1.54) is 12.1 Å². The first-order valence-electron chi connectivity index (χ1n) is 11.3. The van der Waals surface area contributed by atoms with Crippen molar-refractivity contribution in [3.05, 3.63) is 70.8 Å². The number of esters is 2. The molecule has 1 aliphatic heterocycles. The van der Waals surface area contributed by atoms with Crippen molar-refractivity contribution in [3.8, 4) is 0 Å². The van der Waals surface area contributed by atoms with Crippen LogP contribution in [-0.4, -0.2) is 49.1 Å². The summed E-state index contributed by atoms with van der Waals surface area (Å²) >= 11 is 0. The van der Waals surface area contributed by atoms with Crippen LogP contribution in [0.1, 0.15) is 69.1 Å². The van der Waals surface area contributed by atoms with E-state index in [9.17, 15) is 19.2 Å². The van der Waals surface area contributed by atoms with Gasteiger partial charge in [-0.2, -0.15) is 0 Å². The molecule has 0 fully saturated rings. The summed E-state index contributed by atoms with van der Waals surface area (Å²) in [7, 11) is 0. The summed E-state index contributed by atoms with van der Waals surface area (Å²) in [5.74, 6) is -2.01. The molecule has 34 heavy (non-hydrogen) atoms. The molecule has 2 N–H and O–H groups in total. The third kappa shape index (κ3) is 6.21. The molecule has 0 saturated carbocycles. The lowest BCUT2D eigenvalue weighted by Gasteiger charge is -2.23. The summed E-state index contributed by atoms with van der Waals surface area (Å²) in [6.45, 7) is 7.50. The number of benzene rings is 2. The molecular weight excluding hydrogens is 436 g/mol. The van der Waals surface area contributed by atoms with Crippen LogP contribution in [0.5, 0.6) is 0 Å². The number of hydrogen-bond donors (Lipinski definition) is 2. The molecule has 2 aromatic rings. The molecule has 3 rings (SSSR count). The largest absolute Gasteiger partial charge is 0.460 e. The number of fused-ring (bicyclic) bond motifs is 4. The number of carbonyl (C=O) groups is 4. The highest BCUT2D eigenvalue weighted by Gasteiger charge is 2.23. The van der Waals surface area contributed by atoms with Gasteiger partial charge in [0.1, 0.15) is 13.2 Å². The molecule has 0 aromatic heterocycles. The zero-order valence-electron chi connectivity index (χ0n) is 19.8. The molecule has 2 unspecified atom stereocenters. The van der Waals surface area contributed by atoms with Crippen molar-refractivity contribution >= 4 is 23.8 Å². The molecule has 0 spiro atoms. The van der Waals surface area contributed by atoms with Crippen LogP contribution in [0.25, 0.3) is 0 Å². The quantitative estimate of drug-likeness (QED) is 0.658. The SMILES string of the molecule is CC(C)C1COC(=O)c2cccc(c2)C(=O)OCC(C(C)C)NC(=O)c2cccc(c2)C(=O)N1. The fraction of sp³-hybridized carbons (Fsp3) is 0.385. The molecule has 0 aliphatic carbocycles. The van der Waals surface area contributed by atoms with Crippen LogP contribution < -0.4 is 10.6 Å². The van der Waals surface area contributed by atoms with Crippen molar-refractivity contribution in [1.82, 2.24) is 10.6 Å². The van der Waals surface area contributed by atoms with E-state index in [0.717, 1.165) is 0 Å². The first-order chi connectivity index (χ1) is 16.2. The summed E-state index contributed by atoms with van der Waals surface area (Å²) < 4.78 is 10.9. The number of nitrogens with one attached hydrogen (secondary N) is 2. The fourth-order valence-corrected chi connectivity index (χ4v) is 3.38. The highest BCUT2D eigenvalue weighted by Crippen LogP contribution is 2.14. The maximum atomic E-state index is 12.9. The first kappa shape index (κ1) is 25.0. The van der Waals surface area contributed by atoms with Crippen molar-refractivity contribution < 1.29 is 28.7 Å². The molecule has 1 aliphatic rings. The minimum atomic E-state index is -0.606. The lowest BCUT2D eigenvalue weighted by atomic mass is 10.0. The Morgan fingerprint density at radius 3 is 1.38 bits per heavy atom. The Labute approximate surface area is 199 Å². The van der Waals surface area contributed by atoms with Gasteiger partial charge in [-0.05, 0) is 48.2 Å². The van der Waals surface area contributed by atoms with E-state index in [4.69, 9.17) is 9.47 Å². The van der Waals surface area contributed by atoms with Gasteiger partial charge in [-0.3, -0.25) is 9.59 Å². The summed E-state index contributed by atoms with van der Waals surface area (Å²) in [4.78, 5) is 51.0. The van der Waals surface area contributed by atoms with Crippen molar-refractivity contribution in [2.75, 3.05) is 13.2 Å². The maximum absolute atomic E-state index is 12.9. The lowest BCUT2D eigenvalue weighted by molar-refractivity contribution is 0.0426. The van der Waals surface area contributed by atoms with Gasteiger partial charge in [0, 0.05) is 11.1 Å². The van der Waals surface area contributed by atoms with Crippen LogP contribution in [0.15, 0.2) is 48.5 Å². The Hall–Kier alpha value is -3.68. The fourth-order valence-electron chi connectivity index (χ4n) is 3.38. The van der Waals surface area contributed by atoms with Gasteiger partial charge in [-0.25, -0.2) is 9.59 Å². The Bertz CT molecular complexity index is 1000. The van der Waals surface area contributed by atoms with Crippen LogP contribution >= 0.6 is 0 Å². The normalized spacial score (nSPS) is 20.1. The minimum Gasteiger partial charge on any atom is -0.460 e. The van der Waals surface area contributed by atoms with E-state index in [1.807, 2.05) is 27.7 Å². The zero-order valence-corrected chi connectivity index (χ0v) is 19.8. The second-order valence-corrected chi connectivity index (χ2v) is 9.01. The number of rotatable bonds is 2. The second-order valence-electron chi connectivity index (χ2n) is 9.01. The van der Waals surface area contributed by atoms with Gasteiger partial charge < -0.3 is 20.1 Å². The van der Waals surface area contributed by atoms with Crippen LogP contribution in [0.2, 0.25) is 0 Å². The zero-order chi connectivity index (χ0) is 24.8. The smallest absolute Gasteiger partial charge is 0.338 e. The Morgan fingerprint density at radius 1 is 0.647 bits per heavy atom. The Morgan fingerprint density at radius 2 is 1.00 bits per heavy atom. The highest BCUT2D eigenvalue weighted by molar-refractivity contribution is 6.00. The van der Waals surface area contributed by atoms with Gasteiger partial charge in [-0.15, -0.1) is 0 Å². The van der Waals surface area contributed by atoms with Crippen molar-refractivity contribution in [1.29, 1.82) is 0 Å². The summed E-state index contributed by atoms with van der Waals surface area (Å²) in [5.41, 5.74) is 1.02. The number of ether oxygens (including phenoxy) is 2. The Balaban J connectivity index is 1.95. The number of carbonyl (C=O) groups excluding carboxylic acids is 4. The van der Waals surface area contributed by atoms with E-state index in [1.54, 1.807) is 36.4 Å². The van der Waals surface area contributed by atoms with Gasteiger partial charge in [0.25, 0.3) is 11.8 Å². The third-order valence-corrected chi connectivity index (χ3v) is 5.75. The number of amides is 2. The van der Waals surface area contributed by atoms with E-state index >= 15 is 0 Å². The average molecular weight is 467 g/mol. The molecule has 180 valence electrons. The number of cyclic esters (lactones) is 2. The summed E-state index contributed by atoms with van der Waals surface area (Å²) in [6.07, 6.45) is 0.